The molecule has 1 aliphatic carbocycles. The average Bonchev–Trinajstić information content (AvgIpc) is 3.37. The summed E-state index contributed by atoms with van der Waals surface area (Å²) in [6.45, 7) is 2.28. The fourth-order valence-corrected chi connectivity index (χ4v) is 4.71. The summed E-state index contributed by atoms with van der Waals surface area (Å²) in [6.07, 6.45) is 3.64. The van der Waals surface area contributed by atoms with Gasteiger partial charge in [0.15, 0.2) is 5.69 Å². The van der Waals surface area contributed by atoms with Crippen LogP contribution in [-0.4, -0.2) is 57.7 Å². The van der Waals surface area contributed by atoms with Gasteiger partial charge in [0.1, 0.15) is 0 Å². The lowest BCUT2D eigenvalue weighted by Crippen LogP contribution is -2.36. The van der Waals surface area contributed by atoms with Crippen molar-refractivity contribution in [2.24, 2.45) is 17.6 Å². The highest BCUT2D eigenvalue weighted by atomic mass is 35.5. The number of benzene rings is 1. The van der Waals surface area contributed by atoms with Crippen molar-refractivity contribution in [1.82, 2.24) is 19.6 Å². The minimum Gasteiger partial charge on any atom is -0.364 e. The van der Waals surface area contributed by atoms with Gasteiger partial charge in [0.05, 0.1) is 0 Å². The molecule has 2 amide bonds. The van der Waals surface area contributed by atoms with Crippen molar-refractivity contribution in [3.63, 3.8) is 0 Å². The maximum Gasteiger partial charge on any atom is 0.344 e. The molecule has 8 heteroatoms. The molecule has 1 saturated carbocycles. The number of likely N-dealkylation sites (tertiary alicyclic amines) is 1. The topological polar surface area (TPSA) is 84.5 Å². The first-order valence-corrected chi connectivity index (χ1v) is 9.88. The number of primary amides is 1. The van der Waals surface area contributed by atoms with Gasteiger partial charge in [-0.15, -0.1) is 0 Å². The molecule has 2 aliphatic rings. The molecule has 1 aliphatic heterocycles. The zero-order valence-corrected chi connectivity index (χ0v) is 16.5. The van der Waals surface area contributed by atoms with Gasteiger partial charge in [0.25, 0.3) is 5.91 Å². The van der Waals surface area contributed by atoms with E-state index in [-0.39, 0.29) is 11.7 Å². The first-order chi connectivity index (χ1) is 13.4. The van der Waals surface area contributed by atoms with Crippen LogP contribution in [0.5, 0.6) is 0 Å². The van der Waals surface area contributed by atoms with Gasteiger partial charge in [-0.3, -0.25) is 9.69 Å². The highest BCUT2D eigenvalue weighted by molar-refractivity contribution is 6.31. The summed E-state index contributed by atoms with van der Waals surface area (Å²) in [6, 6.07) is 9.73. The fourth-order valence-electron chi connectivity index (χ4n) is 4.52. The first kappa shape index (κ1) is 19.0. The minimum absolute atomic E-state index is 0.106. The quantitative estimate of drug-likeness (QED) is 0.852. The molecule has 2 N–H and O–H groups in total. The highest BCUT2D eigenvalue weighted by Gasteiger charge is 2.43. The lowest BCUT2D eigenvalue weighted by atomic mass is 10.0. The SMILES string of the molecule is CN(Cc1ccccc1Cl)C1CC2CN(C(=O)n3ccc(C(N)=O)n3)CC2C1. The van der Waals surface area contributed by atoms with Gasteiger partial charge in [-0.05, 0) is 49.4 Å². The minimum atomic E-state index is -0.630. The van der Waals surface area contributed by atoms with E-state index in [1.54, 1.807) is 0 Å². The Kier molecular flexibility index (Phi) is 5.12. The summed E-state index contributed by atoms with van der Waals surface area (Å²) in [4.78, 5) is 28.0. The zero-order valence-electron chi connectivity index (χ0n) is 15.8. The molecule has 2 unspecified atom stereocenters. The number of nitrogens with zero attached hydrogens (tertiary/aromatic N) is 4. The molecule has 7 nitrogen and oxygen atoms in total. The number of rotatable bonds is 4. The molecule has 28 heavy (non-hydrogen) atoms. The monoisotopic (exact) mass is 401 g/mol. The highest BCUT2D eigenvalue weighted by Crippen LogP contribution is 2.40. The van der Waals surface area contributed by atoms with E-state index in [2.05, 4.69) is 23.1 Å². The second-order valence-corrected chi connectivity index (χ2v) is 8.26. The number of nitrogens with two attached hydrogens (primary N) is 1. The van der Waals surface area contributed by atoms with Crippen LogP contribution in [0.4, 0.5) is 4.79 Å². The normalized spacial score (nSPS) is 24.0. The largest absolute Gasteiger partial charge is 0.364 e. The Balaban J connectivity index is 1.34. The number of hydrogen-bond donors (Lipinski definition) is 1. The van der Waals surface area contributed by atoms with E-state index in [1.165, 1.54) is 16.9 Å². The van der Waals surface area contributed by atoms with Gasteiger partial charge >= 0.3 is 6.03 Å². The maximum absolute atomic E-state index is 12.7. The van der Waals surface area contributed by atoms with Crippen molar-refractivity contribution in [2.75, 3.05) is 20.1 Å². The molecule has 4 rings (SSSR count). The summed E-state index contributed by atoms with van der Waals surface area (Å²) < 4.78 is 1.21. The summed E-state index contributed by atoms with van der Waals surface area (Å²) in [7, 11) is 2.15. The lowest BCUT2D eigenvalue weighted by Gasteiger charge is -2.26. The van der Waals surface area contributed by atoms with Gasteiger partial charge in [-0.1, -0.05) is 29.8 Å². The summed E-state index contributed by atoms with van der Waals surface area (Å²) in [5.41, 5.74) is 6.46. The number of amides is 2. The number of halogens is 1. The molecule has 2 heterocycles. The zero-order chi connectivity index (χ0) is 19.8. The first-order valence-electron chi connectivity index (χ1n) is 9.50. The summed E-state index contributed by atoms with van der Waals surface area (Å²) in [5.74, 6) is 0.358. The Morgan fingerprint density at radius 2 is 1.89 bits per heavy atom. The van der Waals surface area contributed by atoms with E-state index in [4.69, 9.17) is 17.3 Å². The molecule has 0 spiro atoms. The Hall–Kier alpha value is -2.38. The van der Waals surface area contributed by atoms with Crippen molar-refractivity contribution in [3.05, 3.63) is 52.8 Å². The molecule has 2 fully saturated rings. The van der Waals surface area contributed by atoms with Crippen LogP contribution in [0.3, 0.4) is 0 Å². The molecule has 1 aromatic heterocycles. The van der Waals surface area contributed by atoms with E-state index < -0.39 is 5.91 Å². The number of carbonyl (C=O) groups is 2. The molecular weight excluding hydrogens is 378 g/mol. The number of aromatic nitrogens is 2. The van der Waals surface area contributed by atoms with Crippen molar-refractivity contribution >= 4 is 23.5 Å². The van der Waals surface area contributed by atoms with Gasteiger partial charge in [0.2, 0.25) is 0 Å². The lowest BCUT2D eigenvalue weighted by molar-refractivity contribution is 0.0995. The average molecular weight is 402 g/mol. The van der Waals surface area contributed by atoms with Crippen LogP contribution in [0.25, 0.3) is 0 Å². The maximum atomic E-state index is 12.7. The second kappa shape index (κ2) is 7.56. The van der Waals surface area contributed by atoms with Crippen LogP contribution in [0.15, 0.2) is 36.5 Å². The molecular formula is C20H24ClN5O2. The number of carbonyl (C=O) groups excluding carboxylic acids is 2. The predicted molar refractivity (Wildman–Crippen MR) is 106 cm³/mol. The summed E-state index contributed by atoms with van der Waals surface area (Å²) >= 11 is 6.30. The fraction of sp³-hybridized carbons (Fsp3) is 0.450. The van der Waals surface area contributed by atoms with Gasteiger partial charge < -0.3 is 10.6 Å². The number of fused-ring (bicyclic) bond motifs is 1. The van der Waals surface area contributed by atoms with Crippen LogP contribution in [-0.2, 0) is 6.54 Å². The van der Waals surface area contributed by atoms with E-state index in [0.717, 1.165) is 43.1 Å². The molecule has 0 radical (unpaired) electrons. The molecule has 2 atom stereocenters. The Morgan fingerprint density at radius 3 is 2.50 bits per heavy atom. The Labute approximate surface area is 169 Å². The third kappa shape index (κ3) is 3.64. The van der Waals surface area contributed by atoms with Crippen LogP contribution in [0, 0.1) is 11.8 Å². The van der Waals surface area contributed by atoms with Crippen molar-refractivity contribution in [1.29, 1.82) is 0 Å². The van der Waals surface area contributed by atoms with E-state index in [9.17, 15) is 9.59 Å². The van der Waals surface area contributed by atoms with Crippen LogP contribution in [0.2, 0.25) is 5.02 Å². The molecule has 2 aromatic rings. The van der Waals surface area contributed by atoms with Crippen molar-refractivity contribution in [2.45, 2.75) is 25.4 Å². The van der Waals surface area contributed by atoms with Crippen molar-refractivity contribution < 1.29 is 9.59 Å². The van der Waals surface area contributed by atoms with Crippen molar-refractivity contribution in [3.8, 4) is 0 Å². The third-order valence-electron chi connectivity index (χ3n) is 6.04. The molecule has 1 aromatic carbocycles. The molecule has 148 valence electrons. The smallest absolute Gasteiger partial charge is 0.344 e. The Bertz CT molecular complexity index is 884. The van der Waals surface area contributed by atoms with Gasteiger partial charge in [-0.2, -0.15) is 9.78 Å². The van der Waals surface area contributed by atoms with Crippen LogP contribution >= 0.6 is 11.6 Å². The predicted octanol–water partition coefficient (Wildman–Crippen LogP) is 2.45. The van der Waals surface area contributed by atoms with E-state index >= 15 is 0 Å². The number of hydrogen-bond acceptors (Lipinski definition) is 4. The van der Waals surface area contributed by atoms with Gasteiger partial charge in [-0.25, -0.2) is 4.79 Å². The Morgan fingerprint density at radius 1 is 1.21 bits per heavy atom. The van der Waals surface area contributed by atoms with E-state index in [0.29, 0.717) is 17.9 Å². The molecule has 1 saturated heterocycles. The van der Waals surface area contributed by atoms with E-state index in [1.807, 2.05) is 23.1 Å². The van der Waals surface area contributed by atoms with Gasteiger partial charge in [0, 0.05) is 36.9 Å². The third-order valence-corrected chi connectivity index (χ3v) is 6.40. The van der Waals surface area contributed by atoms with Crippen LogP contribution in [0.1, 0.15) is 28.9 Å². The molecule has 0 bridgehead atoms. The standard InChI is InChI=1S/C20H24ClN5O2/c1-24(10-13-4-2-3-5-17(13)21)16-8-14-11-25(12-15(14)9-16)20(28)26-7-6-18(23-26)19(22)27/h2-7,14-16H,8-12H2,1H3,(H2,22,27). The summed E-state index contributed by atoms with van der Waals surface area (Å²) in [5, 5.41) is 4.78. The second-order valence-electron chi connectivity index (χ2n) is 7.85. The van der Waals surface area contributed by atoms with Crippen LogP contribution < -0.4 is 5.73 Å².